The van der Waals surface area contributed by atoms with Crippen molar-refractivity contribution in [3.8, 4) is 5.95 Å². The summed E-state index contributed by atoms with van der Waals surface area (Å²) in [5, 5.41) is 7.46. The molecular weight excluding hydrogens is 288 g/mol. The maximum absolute atomic E-state index is 13.3. The lowest BCUT2D eigenvalue weighted by molar-refractivity contribution is 0.00852. The predicted octanol–water partition coefficient (Wildman–Crippen LogP) is 3.19. The number of halogens is 2. The standard InChI is InChI=1S/C15H19F2N5/c1-9-7-13(19-12-4-5-15(16,17)8-12)20-14(18-9)22-11(3)6-10(2)21-22/h6-7,12H,4-5,8H2,1-3H3,(H,18,19,20). The van der Waals surface area contributed by atoms with Crippen molar-refractivity contribution in [1.82, 2.24) is 19.7 Å². The fourth-order valence-electron chi connectivity index (χ4n) is 2.84. The number of anilines is 1. The van der Waals surface area contributed by atoms with Crippen molar-refractivity contribution in [2.45, 2.75) is 52.0 Å². The summed E-state index contributed by atoms with van der Waals surface area (Å²) >= 11 is 0. The molecule has 118 valence electrons. The molecule has 0 bridgehead atoms. The van der Waals surface area contributed by atoms with Gasteiger partial charge in [0, 0.05) is 36.3 Å². The average molecular weight is 307 g/mol. The molecule has 1 saturated carbocycles. The van der Waals surface area contributed by atoms with Gasteiger partial charge in [0.1, 0.15) is 5.82 Å². The zero-order valence-corrected chi connectivity index (χ0v) is 12.9. The zero-order valence-electron chi connectivity index (χ0n) is 12.9. The molecule has 3 rings (SSSR count). The molecule has 2 aromatic rings. The number of aromatic nitrogens is 4. The molecular formula is C15H19F2N5. The van der Waals surface area contributed by atoms with Gasteiger partial charge >= 0.3 is 0 Å². The largest absolute Gasteiger partial charge is 0.367 e. The third-order valence-corrected chi connectivity index (χ3v) is 3.80. The molecule has 0 saturated heterocycles. The Labute approximate surface area is 127 Å². The smallest absolute Gasteiger partial charge is 0.252 e. The third-order valence-electron chi connectivity index (χ3n) is 3.80. The lowest BCUT2D eigenvalue weighted by Crippen LogP contribution is -2.20. The van der Waals surface area contributed by atoms with Gasteiger partial charge in [0.05, 0.1) is 5.69 Å². The Morgan fingerprint density at radius 3 is 2.55 bits per heavy atom. The number of alkyl halides is 2. The quantitative estimate of drug-likeness (QED) is 0.946. The molecule has 0 amide bonds. The Kier molecular flexibility index (Phi) is 3.58. The molecule has 1 unspecified atom stereocenters. The van der Waals surface area contributed by atoms with Crippen LogP contribution in [0.5, 0.6) is 0 Å². The molecule has 1 fully saturated rings. The maximum atomic E-state index is 13.3. The highest BCUT2D eigenvalue weighted by Gasteiger charge is 2.39. The number of rotatable bonds is 3. The van der Waals surface area contributed by atoms with E-state index in [0.29, 0.717) is 18.2 Å². The number of hydrogen-bond acceptors (Lipinski definition) is 4. The van der Waals surface area contributed by atoms with E-state index in [1.54, 1.807) is 10.7 Å². The Balaban J connectivity index is 1.86. The highest BCUT2D eigenvalue weighted by molar-refractivity contribution is 5.40. The first-order valence-electron chi connectivity index (χ1n) is 7.36. The Morgan fingerprint density at radius 2 is 1.95 bits per heavy atom. The van der Waals surface area contributed by atoms with Crippen LogP contribution in [0.15, 0.2) is 12.1 Å². The molecule has 22 heavy (non-hydrogen) atoms. The van der Waals surface area contributed by atoms with Crippen LogP contribution in [0.1, 0.15) is 36.3 Å². The topological polar surface area (TPSA) is 55.6 Å². The van der Waals surface area contributed by atoms with Crippen LogP contribution >= 0.6 is 0 Å². The fraction of sp³-hybridized carbons (Fsp3) is 0.533. The van der Waals surface area contributed by atoms with Crippen LogP contribution in [0.25, 0.3) is 5.95 Å². The number of aryl methyl sites for hydroxylation is 3. The molecule has 0 aromatic carbocycles. The molecule has 7 heteroatoms. The monoisotopic (exact) mass is 307 g/mol. The third kappa shape index (κ3) is 3.08. The number of nitrogens with zero attached hydrogens (tertiary/aromatic N) is 4. The average Bonchev–Trinajstić information content (AvgIpc) is 2.90. The molecule has 1 aliphatic carbocycles. The van der Waals surface area contributed by atoms with Crippen molar-refractivity contribution in [1.29, 1.82) is 0 Å². The van der Waals surface area contributed by atoms with E-state index in [2.05, 4.69) is 20.4 Å². The Bertz CT molecular complexity index is 695. The first-order valence-corrected chi connectivity index (χ1v) is 7.36. The lowest BCUT2D eigenvalue weighted by atomic mass is 10.2. The van der Waals surface area contributed by atoms with Gasteiger partial charge in [-0.15, -0.1) is 0 Å². The van der Waals surface area contributed by atoms with E-state index in [1.165, 1.54) is 0 Å². The van der Waals surface area contributed by atoms with E-state index in [0.717, 1.165) is 17.1 Å². The lowest BCUT2D eigenvalue weighted by Gasteiger charge is -2.15. The van der Waals surface area contributed by atoms with E-state index in [-0.39, 0.29) is 18.9 Å². The second kappa shape index (κ2) is 5.30. The molecule has 5 nitrogen and oxygen atoms in total. The minimum atomic E-state index is -2.57. The van der Waals surface area contributed by atoms with E-state index >= 15 is 0 Å². The van der Waals surface area contributed by atoms with Crippen LogP contribution in [0.4, 0.5) is 14.6 Å². The van der Waals surface area contributed by atoms with Gasteiger partial charge in [-0.05, 0) is 33.3 Å². The summed E-state index contributed by atoms with van der Waals surface area (Å²) in [5.41, 5.74) is 2.58. The van der Waals surface area contributed by atoms with Gasteiger partial charge in [0.15, 0.2) is 0 Å². The van der Waals surface area contributed by atoms with Gasteiger partial charge < -0.3 is 5.32 Å². The second-order valence-electron chi connectivity index (χ2n) is 5.97. The first-order chi connectivity index (χ1) is 10.3. The van der Waals surface area contributed by atoms with Crippen molar-refractivity contribution >= 4 is 5.82 Å². The van der Waals surface area contributed by atoms with Crippen LogP contribution in [0, 0.1) is 20.8 Å². The highest BCUT2D eigenvalue weighted by atomic mass is 19.3. The van der Waals surface area contributed by atoms with Gasteiger partial charge in [0.25, 0.3) is 5.95 Å². The van der Waals surface area contributed by atoms with Crippen LogP contribution in [-0.2, 0) is 0 Å². The first kappa shape index (κ1) is 14.9. The molecule has 1 aliphatic rings. The molecule has 0 radical (unpaired) electrons. The number of hydrogen-bond donors (Lipinski definition) is 1. The summed E-state index contributed by atoms with van der Waals surface area (Å²) in [6.07, 6.45) is 0.232. The van der Waals surface area contributed by atoms with Crippen molar-refractivity contribution in [3.63, 3.8) is 0 Å². The van der Waals surface area contributed by atoms with Crippen LogP contribution in [-0.4, -0.2) is 31.7 Å². The summed E-state index contributed by atoms with van der Waals surface area (Å²) in [4.78, 5) is 8.81. The van der Waals surface area contributed by atoms with Crippen molar-refractivity contribution in [2.75, 3.05) is 5.32 Å². The van der Waals surface area contributed by atoms with Crippen molar-refractivity contribution in [2.24, 2.45) is 0 Å². The Morgan fingerprint density at radius 1 is 1.18 bits per heavy atom. The number of nitrogens with one attached hydrogen (secondary N) is 1. The maximum Gasteiger partial charge on any atom is 0.252 e. The highest BCUT2D eigenvalue weighted by Crippen LogP contribution is 2.36. The molecule has 0 spiro atoms. The molecule has 2 heterocycles. The second-order valence-corrected chi connectivity index (χ2v) is 5.97. The Hall–Kier alpha value is -2.05. The van der Waals surface area contributed by atoms with Crippen LogP contribution in [0.3, 0.4) is 0 Å². The predicted molar refractivity (Wildman–Crippen MR) is 79.6 cm³/mol. The van der Waals surface area contributed by atoms with Crippen molar-refractivity contribution in [3.05, 3.63) is 29.2 Å². The van der Waals surface area contributed by atoms with E-state index in [9.17, 15) is 8.78 Å². The minimum absolute atomic E-state index is 0.0704. The zero-order chi connectivity index (χ0) is 15.9. The summed E-state index contributed by atoms with van der Waals surface area (Å²) in [6.45, 7) is 5.68. The molecule has 0 aliphatic heterocycles. The van der Waals surface area contributed by atoms with E-state index < -0.39 is 5.92 Å². The van der Waals surface area contributed by atoms with E-state index in [4.69, 9.17) is 0 Å². The summed E-state index contributed by atoms with van der Waals surface area (Å²) < 4.78 is 28.2. The van der Waals surface area contributed by atoms with Crippen LogP contribution < -0.4 is 5.32 Å². The minimum Gasteiger partial charge on any atom is -0.367 e. The molecule has 2 aromatic heterocycles. The van der Waals surface area contributed by atoms with Gasteiger partial charge in [-0.2, -0.15) is 10.1 Å². The van der Waals surface area contributed by atoms with Gasteiger partial charge in [-0.25, -0.2) is 18.4 Å². The van der Waals surface area contributed by atoms with Gasteiger partial charge in [0.2, 0.25) is 5.92 Å². The summed E-state index contributed by atoms with van der Waals surface area (Å²) in [7, 11) is 0. The SMILES string of the molecule is Cc1cc(NC2CCC(F)(F)C2)nc(-n2nc(C)cc2C)n1. The fourth-order valence-corrected chi connectivity index (χ4v) is 2.84. The van der Waals surface area contributed by atoms with Gasteiger partial charge in [-0.3, -0.25) is 0 Å². The summed E-state index contributed by atoms with van der Waals surface area (Å²) in [6, 6.07) is 3.46. The van der Waals surface area contributed by atoms with Crippen LogP contribution in [0.2, 0.25) is 0 Å². The molecule has 1 atom stereocenters. The normalized spacial score (nSPS) is 20.3. The van der Waals surface area contributed by atoms with E-state index in [1.807, 2.05) is 26.8 Å². The summed E-state index contributed by atoms with van der Waals surface area (Å²) in [5.74, 6) is -1.55. The van der Waals surface area contributed by atoms with Gasteiger partial charge in [-0.1, -0.05) is 0 Å². The molecule has 1 N–H and O–H groups in total. The van der Waals surface area contributed by atoms with Crippen molar-refractivity contribution < 1.29 is 8.78 Å².